The molecule has 29 heavy (non-hydrogen) atoms. The zero-order chi connectivity index (χ0) is 21.7. The van der Waals surface area contributed by atoms with Crippen molar-refractivity contribution in [1.29, 1.82) is 0 Å². The van der Waals surface area contributed by atoms with Crippen molar-refractivity contribution in [3.8, 4) is 5.75 Å². The maximum atomic E-state index is 12.9. The summed E-state index contributed by atoms with van der Waals surface area (Å²) in [4.78, 5) is 37.6. The van der Waals surface area contributed by atoms with Crippen LogP contribution in [0.15, 0.2) is 16.5 Å². The molecule has 0 aliphatic heterocycles. The number of ether oxygens (including phenoxy) is 3. The predicted molar refractivity (Wildman–Crippen MR) is 106 cm³/mol. The molecule has 0 atom stereocenters. The van der Waals surface area contributed by atoms with Gasteiger partial charge in [0.1, 0.15) is 22.5 Å². The zero-order valence-corrected chi connectivity index (χ0v) is 17.7. The minimum atomic E-state index is -0.855. The van der Waals surface area contributed by atoms with Crippen LogP contribution in [-0.2, 0) is 9.47 Å². The molecule has 0 unspecified atom stereocenters. The van der Waals surface area contributed by atoms with Crippen molar-refractivity contribution in [2.75, 3.05) is 25.6 Å². The molecule has 156 valence electrons. The van der Waals surface area contributed by atoms with E-state index in [1.807, 2.05) is 0 Å². The van der Waals surface area contributed by atoms with Crippen molar-refractivity contribution in [2.45, 2.75) is 20.8 Å². The number of aryl methyl sites for hydroxylation is 1. The fourth-order valence-corrected chi connectivity index (χ4v) is 3.06. The summed E-state index contributed by atoms with van der Waals surface area (Å²) in [6, 6.07) is 2.89. The Hall–Kier alpha value is -2.71. The van der Waals surface area contributed by atoms with E-state index in [0.717, 1.165) is 0 Å². The average Bonchev–Trinajstić information content (AvgIpc) is 2.99. The molecule has 0 saturated carbocycles. The minimum absolute atomic E-state index is 0.0447. The van der Waals surface area contributed by atoms with E-state index in [1.165, 1.54) is 26.2 Å². The number of benzene rings is 1. The first-order valence-corrected chi connectivity index (χ1v) is 9.33. The van der Waals surface area contributed by atoms with Crippen LogP contribution in [0, 0.1) is 6.92 Å². The Kier molecular flexibility index (Phi) is 7.53. The van der Waals surface area contributed by atoms with Gasteiger partial charge in [0.25, 0.3) is 5.91 Å². The first kappa shape index (κ1) is 22.6. The fraction of sp³-hybridized carbons (Fsp3) is 0.316. The number of rotatable bonds is 7. The van der Waals surface area contributed by atoms with Crippen LogP contribution >= 0.6 is 23.2 Å². The summed E-state index contributed by atoms with van der Waals surface area (Å²) in [5, 5.41) is 2.66. The van der Waals surface area contributed by atoms with Gasteiger partial charge in [-0.3, -0.25) is 10.1 Å². The molecule has 2 rings (SSSR count). The maximum Gasteiger partial charge on any atom is 0.344 e. The first-order chi connectivity index (χ1) is 13.8. The summed E-state index contributed by atoms with van der Waals surface area (Å²) in [6.45, 7) is 4.81. The van der Waals surface area contributed by atoms with Crippen molar-refractivity contribution in [3.05, 3.63) is 44.6 Å². The molecule has 1 aromatic heterocycles. The number of nitrogens with one attached hydrogen (secondary N) is 1. The second-order valence-electron chi connectivity index (χ2n) is 5.57. The highest BCUT2D eigenvalue weighted by Gasteiger charge is 2.32. The molecule has 0 aliphatic rings. The van der Waals surface area contributed by atoms with Gasteiger partial charge >= 0.3 is 11.9 Å². The molecule has 0 bridgehead atoms. The van der Waals surface area contributed by atoms with Crippen LogP contribution in [0.2, 0.25) is 10.0 Å². The third kappa shape index (κ3) is 4.65. The maximum absolute atomic E-state index is 12.9. The standard InChI is InChI=1S/C19H19Cl2NO7/c1-5-27-18(24)12-9(3)29-17(14(12)19(25)28-6-2)22-16(23)13-10(20)7-8-11(21)15(13)26-4/h7-8H,5-6H2,1-4H3,(H,22,23). The molecule has 8 nitrogen and oxygen atoms in total. The Balaban J connectivity index is 2.55. The summed E-state index contributed by atoms with van der Waals surface area (Å²) < 4.78 is 20.6. The lowest BCUT2D eigenvalue weighted by Gasteiger charge is -2.12. The van der Waals surface area contributed by atoms with E-state index in [4.69, 9.17) is 41.8 Å². The van der Waals surface area contributed by atoms with Gasteiger partial charge in [0.2, 0.25) is 5.88 Å². The predicted octanol–water partition coefficient (Wildman–Crippen LogP) is 4.51. The number of amides is 1. The van der Waals surface area contributed by atoms with Gasteiger partial charge in [-0.05, 0) is 32.9 Å². The molecular weight excluding hydrogens is 425 g/mol. The topological polar surface area (TPSA) is 104 Å². The highest BCUT2D eigenvalue weighted by atomic mass is 35.5. The van der Waals surface area contributed by atoms with Crippen LogP contribution in [0.1, 0.15) is 50.7 Å². The van der Waals surface area contributed by atoms with E-state index in [9.17, 15) is 14.4 Å². The van der Waals surface area contributed by atoms with Gasteiger partial charge in [0, 0.05) is 0 Å². The highest BCUT2D eigenvalue weighted by Crippen LogP contribution is 2.35. The molecule has 1 aromatic carbocycles. The van der Waals surface area contributed by atoms with Crippen molar-refractivity contribution >= 4 is 46.9 Å². The third-order valence-electron chi connectivity index (χ3n) is 3.76. The monoisotopic (exact) mass is 443 g/mol. The van der Waals surface area contributed by atoms with Crippen LogP contribution in [0.3, 0.4) is 0 Å². The normalized spacial score (nSPS) is 10.4. The van der Waals surface area contributed by atoms with Crippen molar-refractivity contribution in [1.82, 2.24) is 0 Å². The molecule has 1 amide bonds. The largest absolute Gasteiger partial charge is 0.494 e. The number of furan rings is 1. The molecule has 10 heteroatoms. The molecule has 0 spiro atoms. The number of anilines is 1. The number of carbonyl (C=O) groups excluding carboxylic acids is 3. The van der Waals surface area contributed by atoms with Crippen molar-refractivity contribution in [3.63, 3.8) is 0 Å². The zero-order valence-electron chi connectivity index (χ0n) is 16.2. The number of halogens is 2. The van der Waals surface area contributed by atoms with Gasteiger partial charge < -0.3 is 18.6 Å². The molecule has 2 aromatic rings. The van der Waals surface area contributed by atoms with E-state index in [1.54, 1.807) is 13.8 Å². The molecule has 0 radical (unpaired) electrons. The lowest BCUT2D eigenvalue weighted by molar-refractivity contribution is 0.0480. The summed E-state index contributed by atoms with van der Waals surface area (Å²) in [5.74, 6) is -2.56. The first-order valence-electron chi connectivity index (χ1n) is 8.57. The summed E-state index contributed by atoms with van der Waals surface area (Å²) in [6.07, 6.45) is 0. The summed E-state index contributed by atoms with van der Waals surface area (Å²) in [5.41, 5.74) is -0.457. The fourth-order valence-electron chi connectivity index (χ4n) is 2.59. The Morgan fingerprint density at radius 3 is 2.07 bits per heavy atom. The average molecular weight is 444 g/mol. The van der Waals surface area contributed by atoms with E-state index >= 15 is 0 Å². The van der Waals surface area contributed by atoms with Crippen molar-refractivity contribution < 1.29 is 33.0 Å². The molecule has 1 N–H and O–H groups in total. The van der Waals surface area contributed by atoms with Gasteiger partial charge in [-0.25, -0.2) is 9.59 Å². The van der Waals surface area contributed by atoms with Crippen LogP contribution in [0.5, 0.6) is 5.75 Å². The Labute approximate surface area is 177 Å². The minimum Gasteiger partial charge on any atom is -0.494 e. The lowest BCUT2D eigenvalue weighted by atomic mass is 10.1. The molecular formula is C19H19Cl2NO7. The highest BCUT2D eigenvalue weighted by molar-refractivity contribution is 6.37. The molecule has 0 aliphatic carbocycles. The number of carbonyl (C=O) groups is 3. The Morgan fingerprint density at radius 2 is 1.52 bits per heavy atom. The van der Waals surface area contributed by atoms with Crippen LogP contribution in [0.25, 0.3) is 0 Å². The van der Waals surface area contributed by atoms with Crippen LogP contribution in [0.4, 0.5) is 5.88 Å². The number of hydrogen-bond donors (Lipinski definition) is 1. The Bertz CT molecular complexity index is 953. The van der Waals surface area contributed by atoms with E-state index in [-0.39, 0.29) is 57.3 Å². The van der Waals surface area contributed by atoms with Crippen LogP contribution < -0.4 is 10.1 Å². The number of hydrogen-bond acceptors (Lipinski definition) is 7. The van der Waals surface area contributed by atoms with Gasteiger partial charge in [-0.1, -0.05) is 23.2 Å². The van der Waals surface area contributed by atoms with E-state index in [0.29, 0.717) is 0 Å². The third-order valence-corrected chi connectivity index (χ3v) is 4.37. The quantitative estimate of drug-likeness (QED) is 0.627. The molecule has 0 fully saturated rings. The van der Waals surface area contributed by atoms with Gasteiger partial charge in [-0.2, -0.15) is 0 Å². The van der Waals surface area contributed by atoms with Gasteiger partial charge in [0.05, 0.1) is 30.4 Å². The van der Waals surface area contributed by atoms with Gasteiger partial charge in [0.15, 0.2) is 5.75 Å². The smallest absolute Gasteiger partial charge is 0.344 e. The van der Waals surface area contributed by atoms with E-state index < -0.39 is 17.8 Å². The SMILES string of the molecule is CCOC(=O)c1c(C)oc(NC(=O)c2c(Cl)ccc(Cl)c2OC)c1C(=O)OCC. The molecule has 0 saturated heterocycles. The molecule has 1 heterocycles. The van der Waals surface area contributed by atoms with Crippen LogP contribution in [-0.4, -0.2) is 38.2 Å². The van der Waals surface area contributed by atoms with Gasteiger partial charge in [-0.15, -0.1) is 0 Å². The second kappa shape index (κ2) is 9.67. The Morgan fingerprint density at radius 1 is 0.966 bits per heavy atom. The summed E-state index contributed by atoms with van der Waals surface area (Å²) >= 11 is 12.2. The number of methoxy groups -OCH3 is 1. The van der Waals surface area contributed by atoms with Crippen molar-refractivity contribution in [2.24, 2.45) is 0 Å². The van der Waals surface area contributed by atoms with E-state index in [2.05, 4.69) is 5.32 Å². The summed E-state index contributed by atoms with van der Waals surface area (Å²) in [7, 11) is 1.33. The number of esters is 2. The lowest BCUT2D eigenvalue weighted by Crippen LogP contribution is -2.18. The second-order valence-corrected chi connectivity index (χ2v) is 6.38.